The molecule has 0 aromatic heterocycles. The van der Waals surface area contributed by atoms with Gasteiger partial charge in [0.1, 0.15) is 6.04 Å². The summed E-state index contributed by atoms with van der Waals surface area (Å²) in [6.07, 6.45) is -0.843. The lowest BCUT2D eigenvalue weighted by Crippen LogP contribution is -2.42. The van der Waals surface area contributed by atoms with Crippen LogP contribution >= 0.6 is 15.9 Å². The third-order valence-corrected chi connectivity index (χ3v) is 4.77. The van der Waals surface area contributed by atoms with Crippen molar-refractivity contribution >= 4 is 37.9 Å². The fraction of sp³-hybridized carbons (Fsp3) is 0.273. The van der Waals surface area contributed by atoms with Crippen LogP contribution in [0.2, 0.25) is 0 Å². The van der Waals surface area contributed by atoms with E-state index in [2.05, 4.69) is 15.9 Å². The number of hydrogen-bond acceptors (Lipinski definition) is 4. The summed E-state index contributed by atoms with van der Waals surface area (Å²) in [4.78, 5) is 21.3. The molecule has 0 aliphatic carbocycles. The number of halogens is 1. The second kappa shape index (κ2) is 6.33. The van der Waals surface area contributed by atoms with Crippen LogP contribution < -0.4 is 4.72 Å². The summed E-state index contributed by atoms with van der Waals surface area (Å²) in [6.45, 7) is 1.68. The van der Waals surface area contributed by atoms with Crippen LogP contribution in [0.25, 0.3) is 0 Å². The van der Waals surface area contributed by atoms with Crippen molar-refractivity contribution in [2.24, 2.45) is 0 Å². The summed E-state index contributed by atoms with van der Waals surface area (Å²) >= 11 is 3.22. The molecule has 1 atom stereocenters. The van der Waals surface area contributed by atoms with Crippen molar-refractivity contribution in [1.82, 2.24) is 4.72 Å². The summed E-state index contributed by atoms with van der Waals surface area (Å²) in [7, 11) is -4.10. The zero-order chi connectivity index (χ0) is 15.5. The van der Waals surface area contributed by atoms with E-state index >= 15 is 0 Å². The molecule has 0 heterocycles. The van der Waals surface area contributed by atoms with Crippen molar-refractivity contribution in [1.29, 1.82) is 0 Å². The summed E-state index contributed by atoms with van der Waals surface area (Å²) in [5, 5.41) is 17.4. The predicted molar refractivity (Wildman–Crippen MR) is 72.9 cm³/mol. The maximum atomic E-state index is 12.0. The molecule has 0 saturated carbocycles. The Bertz CT molecular complexity index is 642. The minimum Gasteiger partial charge on any atom is -0.481 e. The Morgan fingerprint density at radius 3 is 2.40 bits per heavy atom. The molecule has 0 radical (unpaired) electrons. The quantitative estimate of drug-likeness (QED) is 0.690. The fourth-order valence-electron chi connectivity index (χ4n) is 1.39. The molecule has 1 aromatic rings. The van der Waals surface area contributed by atoms with Gasteiger partial charge in [-0.15, -0.1) is 0 Å². The van der Waals surface area contributed by atoms with Gasteiger partial charge in [0.15, 0.2) is 0 Å². The van der Waals surface area contributed by atoms with Gasteiger partial charge < -0.3 is 10.2 Å². The summed E-state index contributed by atoms with van der Waals surface area (Å²) in [6, 6.07) is 2.43. The summed E-state index contributed by atoms with van der Waals surface area (Å²) < 4.78 is 26.6. The summed E-state index contributed by atoms with van der Waals surface area (Å²) in [5.41, 5.74) is 0.651. The number of aryl methyl sites for hydroxylation is 1. The lowest BCUT2D eigenvalue weighted by Gasteiger charge is -2.13. The van der Waals surface area contributed by atoms with E-state index in [1.807, 2.05) is 4.72 Å². The SMILES string of the molecule is Cc1cc(S(=O)(=O)N[C@H](CC(=O)O)C(=O)O)ccc1Br. The number of carboxylic acids is 2. The third kappa shape index (κ3) is 4.29. The van der Waals surface area contributed by atoms with Gasteiger partial charge in [0.05, 0.1) is 11.3 Å². The summed E-state index contributed by atoms with van der Waals surface area (Å²) in [5.74, 6) is -2.96. The van der Waals surface area contributed by atoms with E-state index in [1.54, 1.807) is 6.92 Å². The van der Waals surface area contributed by atoms with E-state index in [0.717, 1.165) is 0 Å². The van der Waals surface area contributed by atoms with E-state index in [0.29, 0.717) is 10.0 Å². The molecule has 1 rings (SSSR count). The molecule has 0 saturated heterocycles. The molecule has 9 heteroatoms. The zero-order valence-electron chi connectivity index (χ0n) is 10.3. The van der Waals surface area contributed by atoms with Gasteiger partial charge in [-0.2, -0.15) is 4.72 Å². The highest BCUT2D eigenvalue weighted by atomic mass is 79.9. The van der Waals surface area contributed by atoms with Crippen LogP contribution in [0, 0.1) is 6.92 Å². The number of nitrogens with one attached hydrogen (secondary N) is 1. The monoisotopic (exact) mass is 365 g/mol. The first-order chi connectivity index (χ1) is 9.13. The standard InChI is InChI=1S/C11H12BrNO6S/c1-6-4-7(2-3-8(6)12)20(18,19)13-9(11(16)17)5-10(14)15/h2-4,9,13H,5H2,1H3,(H,14,15)(H,16,17)/t9-/m1/s1. The van der Waals surface area contributed by atoms with Gasteiger partial charge in [-0.05, 0) is 30.7 Å². The lowest BCUT2D eigenvalue weighted by molar-refractivity contribution is -0.145. The number of carboxylic acid groups (broad SMARTS) is 2. The Morgan fingerprint density at radius 2 is 1.95 bits per heavy atom. The van der Waals surface area contributed by atoms with Gasteiger partial charge in [0.25, 0.3) is 0 Å². The Hall–Kier alpha value is -1.45. The van der Waals surface area contributed by atoms with E-state index in [9.17, 15) is 18.0 Å². The Kier molecular flexibility index (Phi) is 5.26. The van der Waals surface area contributed by atoms with Gasteiger partial charge in [-0.1, -0.05) is 15.9 Å². The highest BCUT2D eigenvalue weighted by molar-refractivity contribution is 9.10. The molecule has 0 amide bonds. The van der Waals surface area contributed by atoms with Crippen molar-refractivity contribution < 1.29 is 28.2 Å². The predicted octanol–water partition coefficient (Wildman–Crippen LogP) is 0.964. The number of sulfonamides is 1. The average molecular weight is 366 g/mol. The number of carbonyl (C=O) groups is 2. The first kappa shape index (κ1) is 16.6. The zero-order valence-corrected chi connectivity index (χ0v) is 12.7. The van der Waals surface area contributed by atoms with E-state index in [1.165, 1.54) is 18.2 Å². The molecule has 1 aromatic carbocycles. The topological polar surface area (TPSA) is 121 Å². The number of aliphatic carboxylic acids is 2. The molecule has 3 N–H and O–H groups in total. The van der Waals surface area contributed by atoms with Gasteiger partial charge in [-0.3, -0.25) is 9.59 Å². The first-order valence-electron chi connectivity index (χ1n) is 5.36. The van der Waals surface area contributed by atoms with Crippen LogP contribution in [-0.2, 0) is 19.6 Å². The molecule has 0 aliphatic rings. The van der Waals surface area contributed by atoms with Crippen molar-refractivity contribution in [3.63, 3.8) is 0 Å². The van der Waals surface area contributed by atoms with Crippen molar-refractivity contribution in [2.75, 3.05) is 0 Å². The molecule has 0 fully saturated rings. The largest absolute Gasteiger partial charge is 0.481 e. The second-order valence-corrected chi connectivity index (χ2v) is 6.59. The molecule has 20 heavy (non-hydrogen) atoms. The van der Waals surface area contributed by atoms with Crippen LogP contribution in [0.1, 0.15) is 12.0 Å². The van der Waals surface area contributed by atoms with Crippen LogP contribution in [-0.4, -0.2) is 36.6 Å². The Morgan fingerprint density at radius 1 is 1.35 bits per heavy atom. The minimum atomic E-state index is -4.10. The van der Waals surface area contributed by atoms with Crippen molar-refractivity contribution in [2.45, 2.75) is 24.3 Å². The normalized spacial score (nSPS) is 12.9. The highest BCUT2D eigenvalue weighted by Crippen LogP contribution is 2.20. The van der Waals surface area contributed by atoms with Crippen molar-refractivity contribution in [3.05, 3.63) is 28.2 Å². The number of rotatable bonds is 6. The first-order valence-corrected chi connectivity index (χ1v) is 7.64. The van der Waals surface area contributed by atoms with Crippen LogP contribution in [0.15, 0.2) is 27.6 Å². The molecule has 0 spiro atoms. The van der Waals surface area contributed by atoms with Gasteiger partial charge in [0.2, 0.25) is 10.0 Å². The molecule has 0 aliphatic heterocycles. The maximum absolute atomic E-state index is 12.0. The number of benzene rings is 1. The smallest absolute Gasteiger partial charge is 0.322 e. The van der Waals surface area contributed by atoms with E-state index in [4.69, 9.17) is 10.2 Å². The van der Waals surface area contributed by atoms with E-state index in [-0.39, 0.29) is 4.90 Å². The Balaban J connectivity index is 3.06. The van der Waals surface area contributed by atoms with E-state index < -0.39 is 34.4 Å². The lowest BCUT2D eigenvalue weighted by atomic mass is 10.2. The second-order valence-electron chi connectivity index (χ2n) is 4.02. The maximum Gasteiger partial charge on any atom is 0.322 e. The molecular weight excluding hydrogens is 354 g/mol. The van der Waals surface area contributed by atoms with Crippen LogP contribution in [0.3, 0.4) is 0 Å². The fourth-order valence-corrected chi connectivity index (χ4v) is 2.91. The third-order valence-electron chi connectivity index (χ3n) is 2.41. The van der Waals surface area contributed by atoms with Gasteiger partial charge >= 0.3 is 11.9 Å². The van der Waals surface area contributed by atoms with Crippen molar-refractivity contribution in [3.8, 4) is 0 Å². The van der Waals surface area contributed by atoms with Gasteiger partial charge in [0, 0.05) is 4.47 Å². The van der Waals surface area contributed by atoms with Crippen LogP contribution in [0.5, 0.6) is 0 Å². The average Bonchev–Trinajstić information content (AvgIpc) is 2.30. The highest BCUT2D eigenvalue weighted by Gasteiger charge is 2.27. The number of hydrogen-bond donors (Lipinski definition) is 3. The molecule has 7 nitrogen and oxygen atoms in total. The van der Waals surface area contributed by atoms with Crippen LogP contribution in [0.4, 0.5) is 0 Å². The molecule has 0 unspecified atom stereocenters. The molecular formula is C11H12BrNO6S. The molecule has 110 valence electrons. The molecule has 0 bridgehead atoms. The Labute approximate surface area is 123 Å². The van der Waals surface area contributed by atoms with Gasteiger partial charge in [-0.25, -0.2) is 8.42 Å². The minimum absolute atomic E-state index is 0.130.